The smallest absolute Gasteiger partial charge is 0.311 e. The van der Waals surface area contributed by atoms with Gasteiger partial charge in [-0.15, -0.1) is 0 Å². The summed E-state index contributed by atoms with van der Waals surface area (Å²) in [5.41, 5.74) is 1.05. The number of carbonyl (C=O) groups is 1. The lowest BCUT2D eigenvalue weighted by Crippen LogP contribution is -2.11. The van der Waals surface area contributed by atoms with E-state index in [1.54, 1.807) is 13.8 Å². The molecule has 5 nitrogen and oxygen atoms in total. The highest BCUT2D eigenvalue weighted by Gasteiger charge is 2.24. The van der Waals surface area contributed by atoms with Gasteiger partial charge in [-0.3, -0.25) is 0 Å². The summed E-state index contributed by atoms with van der Waals surface area (Å²) in [6.07, 6.45) is 5.14. The molecule has 0 spiro atoms. The van der Waals surface area contributed by atoms with Crippen molar-refractivity contribution >= 4 is 45.4 Å². The van der Waals surface area contributed by atoms with Gasteiger partial charge in [0.1, 0.15) is 6.30 Å². The third-order valence-electron chi connectivity index (χ3n) is 1.12. The molecule has 7 heteroatoms. The fourth-order valence-corrected chi connectivity index (χ4v) is 2.84. The van der Waals surface area contributed by atoms with Crippen molar-refractivity contribution in [3.63, 3.8) is 0 Å². The van der Waals surface area contributed by atoms with E-state index < -0.39 is 13.4 Å². The Morgan fingerprint density at radius 3 is 3.00 bits per heavy atom. The Bertz CT molecular complexity index is 356. The third kappa shape index (κ3) is 3.44. The topological polar surface area (TPSA) is 63.4 Å². The summed E-state index contributed by atoms with van der Waals surface area (Å²) in [6, 6.07) is 0. The van der Waals surface area contributed by atoms with E-state index in [9.17, 15) is 4.79 Å². The van der Waals surface area contributed by atoms with Crippen LogP contribution in [0.1, 0.15) is 13.8 Å². The van der Waals surface area contributed by atoms with Crippen molar-refractivity contribution in [3.05, 3.63) is 0 Å². The first-order valence-electron chi connectivity index (χ1n) is 3.79. The Morgan fingerprint density at radius 1 is 1.71 bits per heavy atom. The molecule has 0 bridgehead atoms. The van der Waals surface area contributed by atoms with Crippen molar-refractivity contribution in [1.82, 2.24) is 0 Å². The molecule has 1 rings (SSSR count). The molecule has 1 aliphatic heterocycles. The molecule has 0 saturated heterocycles. The number of carbonyl (C=O) groups excluding carboxylic acids is 1. The first-order chi connectivity index (χ1) is 6.59. The van der Waals surface area contributed by atoms with Gasteiger partial charge in [0.25, 0.3) is 7.38 Å². The number of aliphatic imine (C=N–C) groups is 1. The highest BCUT2D eigenvalue weighted by atomic mass is 32.0. The van der Waals surface area contributed by atoms with E-state index in [1.165, 1.54) is 6.34 Å². The second-order valence-corrected chi connectivity index (χ2v) is 6.58. The van der Waals surface area contributed by atoms with E-state index in [1.807, 2.05) is 0 Å². The molecule has 2 atom stereocenters. The minimum Gasteiger partial charge on any atom is -0.311 e. The Labute approximate surface area is 84.5 Å². The van der Waals surface area contributed by atoms with Crippen LogP contribution in [-0.4, -0.2) is 29.8 Å². The lowest BCUT2D eigenvalue weighted by Gasteiger charge is -1.98. The van der Waals surface area contributed by atoms with Gasteiger partial charge in [-0.05, 0) is 13.8 Å². The average Bonchev–Trinajstić information content (AvgIpc) is 2.14. The molecule has 1 aliphatic rings. The quantitative estimate of drug-likeness (QED) is 0.314. The summed E-state index contributed by atoms with van der Waals surface area (Å²) in [5, 5.41) is 3.56. The molecule has 14 heavy (non-hydrogen) atoms. The number of hydrogen-bond donors (Lipinski definition) is 0. The van der Waals surface area contributed by atoms with Gasteiger partial charge in [0.2, 0.25) is 0 Å². The van der Waals surface area contributed by atoms with Crippen LogP contribution < -0.4 is 0 Å². The summed E-state index contributed by atoms with van der Waals surface area (Å²) < 4.78 is 3.97. The van der Waals surface area contributed by atoms with E-state index in [-0.39, 0.29) is 8.27 Å². The van der Waals surface area contributed by atoms with Crippen molar-refractivity contribution in [2.75, 3.05) is 0 Å². The third-order valence-corrected chi connectivity index (χ3v) is 4.06. The number of oxime groups is 1. The Morgan fingerprint density at radius 2 is 2.43 bits per heavy atom. The van der Waals surface area contributed by atoms with Gasteiger partial charge >= 0.3 is 5.97 Å². The van der Waals surface area contributed by atoms with Crippen LogP contribution in [0.2, 0.25) is 0 Å². The van der Waals surface area contributed by atoms with Crippen molar-refractivity contribution in [3.8, 4) is 0 Å². The highest BCUT2D eigenvalue weighted by molar-refractivity contribution is 8.26. The van der Waals surface area contributed by atoms with Crippen LogP contribution in [0, 0.1) is 0 Å². The molecule has 2 unspecified atom stereocenters. The van der Waals surface area contributed by atoms with Crippen LogP contribution in [0.3, 0.4) is 0 Å². The summed E-state index contributed by atoms with van der Waals surface area (Å²) in [7, 11) is -0.510. The van der Waals surface area contributed by atoms with Crippen LogP contribution >= 0.6 is 15.7 Å². The predicted molar refractivity (Wildman–Crippen MR) is 63.2 cm³/mol. The molecular weight excluding hydrogens is 220 g/mol. The SMILES string of the molecule is C=[P+]1N=CN=C(C(=O)ON=C(C)C)P1. The minimum absolute atomic E-state index is 0.212. The molecule has 0 aromatic carbocycles. The zero-order valence-electron chi connectivity index (χ0n) is 7.89. The number of nitrogens with zero attached hydrogens (tertiary/aromatic N) is 3. The van der Waals surface area contributed by atoms with Gasteiger partial charge in [-0.2, -0.15) is 0 Å². The molecule has 1 heterocycles. The maximum Gasteiger partial charge on any atom is 0.388 e. The molecule has 0 aliphatic carbocycles. The van der Waals surface area contributed by atoms with Crippen molar-refractivity contribution in [1.29, 1.82) is 0 Å². The first-order valence-corrected chi connectivity index (χ1v) is 7.12. The second-order valence-electron chi connectivity index (χ2n) is 2.64. The van der Waals surface area contributed by atoms with Gasteiger partial charge in [0.15, 0.2) is 20.1 Å². The number of rotatable bonds is 2. The van der Waals surface area contributed by atoms with Crippen LogP contribution in [0.5, 0.6) is 0 Å². The predicted octanol–water partition coefficient (Wildman–Crippen LogP) is 1.79. The maximum absolute atomic E-state index is 11.3. The summed E-state index contributed by atoms with van der Waals surface area (Å²) >= 11 is 0. The van der Waals surface area contributed by atoms with Gasteiger partial charge in [0, 0.05) is 0 Å². The van der Waals surface area contributed by atoms with Crippen LogP contribution in [0.4, 0.5) is 0 Å². The van der Waals surface area contributed by atoms with Crippen LogP contribution in [-0.2, 0) is 9.63 Å². The van der Waals surface area contributed by atoms with Crippen LogP contribution in [0.15, 0.2) is 14.9 Å². The summed E-state index contributed by atoms with van der Waals surface area (Å²) in [5.74, 6) is -0.508. The molecule has 0 radical (unpaired) electrons. The largest absolute Gasteiger partial charge is 0.388 e. The molecular formula is C7H10N3O2P2+. The Hall–Kier alpha value is -0.920. The highest BCUT2D eigenvalue weighted by Crippen LogP contribution is 2.47. The molecule has 0 N–H and O–H groups in total. The van der Waals surface area contributed by atoms with Crippen molar-refractivity contribution in [2.24, 2.45) is 14.9 Å². The number of hydrogen-bond acceptors (Lipinski definition) is 5. The van der Waals surface area contributed by atoms with Crippen molar-refractivity contribution in [2.45, 2.75) is 13.8 Å². The van der Waals surface area contributed by atoms with E-state index >= 15 is 0 Å². The van der Waals surface area contributed by atoms with Crippen LogP contribution in [0.25, 0.3) is 0 Å². The fourth-order valence-electron chi connectivity index (χ4n) is 0.600. The molecule has 0 amide bonds. The van der Waals surface area contributed by atoms with E-state index in [0.717, 1.165) is 0 Å². The lowest BCUT2D eigenvalue weighted by molar-refractivity contribution is -0.135. The maximum atomic E-state index is 11.3. The van der Waals surface area contributed by atoms with Gasteiger partial charge in [0.05, 0.1) is 5.71 Å². The van der Waals surface area contributed by atoms with Gasteiger partial charge < -0.3 is 4.84 Å². The molecule has 74 valence electrons. The Balaban J connectivity index is 2.62. The first kappa shape index (κ1) is 11.2. The monoisotopic (exact) mass is 230 g/mol. The van der Waals surface area contributed by atoms with E-state index in [4.69, 9.17) is 0 Å². The fraction of sp³-hybridized carbons (Fsp3) is 0.286. The summed E-state index contributed by atoms with van der Waals surface area (Å²) in [4.78, 5) is 19.8. The molecule has 0 aromatic rings. The molecule has 0 saturated carbocycles. The zero-order valence-corrected chi connectivity index (χ0v) is 9.78. The van der Waals surface area contributed by atoms with Gasteiger partial charge in [-0.25, -0.2) is 9.79 Å². The standard InChI is InChI=1S/C7H10N3O2P2/c1-5(2)10-12-7(11)6-8-4-9-14(3)13-6/h4,13H,3H2,1-2H3/q+1. The normalized spacial score (nSPS) is 19.0. The second kappa shape index (κ2) is 5.08. The van der Waals surface area contributed by atoms with E-state index in [2.05, 4.69) is 26.0 Å². The Kier molecular flexibility index (Phi) is 4.05. The molecule has 0 aromatic heterocycles. The lowest BCUT2D eigenvalue weighted by atomic mass is 10.5. The van der Waals surface area contributed by atoms with Gasteiger partial charge in [-0.1, -0.05) is 9.92 Å². The average molecular weight is 230 g/mol. The molecule has 0 fully saturated rings. The van der Waals surface area contributed by atoms with Crippen molar-refractivity contribution < 1.29 is 9.63 Å². The minimum atomic E-state index is -0.722. The van der Waals surface area contributed by atoms with E-state index in [0.29, 0.717) is 11.2 Å². The zero-order chi connectivity index (χ0) is 10.6. The summed E-state index contributed by atoms with van der Waals surface area (Å²) in [6.45, 7) is 3.49.